The molecule has 4 rings (SSSR count). The minimum absolute atomic E-state index is 0.152. The summed E-state index contributed by atoms with van der Waals surface area (Å²) in [5, 5.41) is 7.81. The topological polar surface area (TPSA) is 82.2 Å². The molecule has 0 spiro atoms. The summed E-state index contributed by atoms with van der Waals surface area (Å²) in [6, 6.07) is 7.39. The Morgan fingerprint density at radius 1 is 1.38 bits per heavy atom. The molecule has 2 aromatic heterocycles. The number of nitrogens with one attached hydrogen (secondary N) is 1. The van der Waals surface area contributed by atoms with Crippen LogP contribution in [0.3, 0.4) is 0 Å². The van der Waals surface area contributed by atoms with Crippen LogP contribution in [-0.2, 0) is 6.42 Å². The van der Waals surface area contributed by atoms with Gasteiger partial charge in [0, 0.05) is 18.2 Å². The molecule has 1 aliphatic rings. The number of rotatable bonds is 6. The van der Waals surface area contributed by atoms with Crippen LogP contribution < -0.4 is 15.8 Å². The van der Waals surface area contributed by atoms with Gasteiger partial charge in [0.1, 0.15) is 18.1 Å². The molecule has 6 nitrogen and oxygen atoms in total. The number of nitrogen functional groups attached to an aromatic ring is 1. The van der Waals surface area contributed by atoms with Crippen molar-refractivity contribution in [2.75, 3.05) is 18.9 Å². The normalized spacial score (nSPS) is 13.5. The number of aromatic nitrogens is 2. The molecule has 0 bridgehead atoms. The second-order valence-electron chi connectivity index (χ2n) is 7.10. The van der Waals surface area contributed by atoms with E-state index >= 15 is 0 Å². The fourth-order valence-corrected chi connectivity index (χ4v) is 4.13. The van der Waals surface area contributed by atoms with E-state index in [0.717, 1.165) is 40.2 Å². The second kappa shape index (κ2) is 8.54. The summed E-state index contributed by atoms with van der Waals surface area (Å²) < 4.78 is 44.0. The lowest BCUT2D eigenvalue weighted by Crippen LogP contribution is -2.33. The first-order chi connectivity index (χ1) is 15.2. The van der Waals surface area contributed by atoms with Crippen molar-refractivity contribution < 1.29 is 22.7 Å². The molecule has 1 aliphatic heterocycles. The SMILES string of the molecule is C=C/C(=C\n1ncc(-c2csc(C(=O)NCC(F)(F)F)c2)c1N)c1ccc2c(c1)CCO2. The lowest BCUT2D eigenvalue weighted by atomic mass is 10.0. The van der Waals surface area contributed by atoms with E-state index in [1.165, 1.54) is 10.7 Å². The van der Waals surface area contributed by atoms with Crippen LogP contribution in [0.1, 0.15) is 20.8 Å². The summed E-state index contributed by atoms with van der Waals surface area (Å²) in [5.41, 5.74) is 10.3. The summed E-state index contributed by atoms with van der Waals surface area (Å²) >= 11 is 1.03. The van der Waals surface area contributed by atoms with Crippen molar-refractivity contribution in [2.45, 2.75) is 12.6 Å². The lowest BCUT2D eigenvalue weighted by Gasteiger charge is -2.07. The molecule has 0 unspecified atom stereocenters. The number of fused-ring (bicyclic) bond motifs is 1. The van der Waals surface area contributed by atoms with Crippen LogP contribution in [0.25, 0.3) is 22.9 Å². The van der Waals surface area contributed by atoms with E-state index in [1.807, 2.05) is 23.5 Å². The summed E-state index contributed by atoms with van der Waals surface area (Å²) in [6.45, 7) is 3.15. The Balaban J connectivity index is 1.56. The number of halogens is 3. The number of carbonyl (C=O) groups is 1. The van der Waals surface area contributed by atoms with E-state index in [4.69, 9.17) is 10.5 Å². The zero-order valence-electron chi connectivity index (χ0n) is 16.8. The Kier molecular flexibility index (Phi) is 5.79. The number of nitrogens with two attached hydrogens (primary N) is 1. The van der Waals surface area contributed by atoms with Gasteiger partial charge < -0.3 is 15.8 Å². The first-order valence-corrected chi connectivity index (χ1v) is 10.5. The number of nitrogens with zero attached hydrogens (tertiary/aromatic N) is 2. The van der Waals surface area contributed by atoms with E-state index in [1.54, 1.807) is 23.9 Å². The van der Waals surface area contributed by atoms with E-state index < -0.39 is 18.6 Å². The molecule has 166 valence electrons. The molecule has 3 aromatic rings. The van der Waals surface area contributed by atoms with Gasteiger partial charge in [-0.15, -0.1) is 11.3 Å². The number of carbonyl (C=O) groups excluding carboxylic acids is 1. The molecular formula is C22H19F3N4O2S. The molecule has 0 saturated heterocycles. The minimum atomic E-state index is -4.47. The van der Waals surface area contributed by atoms with Crippen molar-refractivity contribution >= 4 is 34.8 Å². The zero-order valence-corrected chi connectivity index (χ0v) is 17.6. The Morgan fingerprint density at radius 3 is 2.94 bits per heavy atom. The Bertz CT molecular complexity index is 1210. The van der Waals surface area contributed by atoms with Crippen molar-refractivity contribution in [2.24, 2.45) is 0 Å². The third-order valence-electron chi connectivity index (χ3n) is 4.92. The maximum Gasteiger partial charge on any atom is 0.405 e. The third kappa shape index (κ3) is 4.54. The minimum Gasteiger partial charge on any atom is -0.493 e. The fraction of sp³-hybridized carbons (Fsp3) is 0.182. The highest BCUT2D eigenvalue weighted by atomic mass is 32.1. The number of ether oxygens (including phenoxy) is 1. The van der Waals surface area contributed by atoms with Crippen molar-refractivity contribution in [3.8, 4) is 16.9 Å². The van der Waals surface area contributed by atoms with Crippen LogP contribution in [-0.4, -0.2) is 35.0 Å². The predicted molar refractivity (Wildman–Crippen MR) is 118 cm³/mol. The van der Waals surface area contributed by atoms with Gasteiger partial charge in [-0.25, -0.2) is 4.68 Å². The van der Waals surface area contributed by atoms with Gasteiger partial charge in [0.05, 0.1) is 17.7 Å². The Labute approximate surface area is 185 Å². The first kappa shape index (κ1) is 21.7. The van der Waals surface area contributed by atoms with Crippen molar-refractivity contribution in [1.29, 1.82) is 0 Å². The standard InChI is InChI=1S/C22H19F3N4O2S/c1-2-13(14-3-4-18-15(7-14)5-6-31-18)10-29-20(26)17(9-28-29)16-8-19(32-11-16)21(30)27-12-22(23,24)25/h2-4,7-11H,1,5-6,12,26H2,(H,27,30)/b13-10+. The molecule has 0 aliphatic carbocycles. The van der Waals surface area contributed by atoms with E-state index in [9.17, 15) is 18.0 Å². The van der Waals surface area contributed by atoms with Crippen LogP contribution in [0, 0.1) is 0 Å². The summed E-state index contributed by atoms with van der Waals surface area (Å²) in [6.07, 6.45) is 1.36. The van der Waals surface area contributed by atoms with Crippen LogP contribution in [0.2, 0.25) is 0 Å². The van der Waals surface area contributed by atoms with Gasteiger partial charge in [-0.3, -0.25) is 4.79 Å². The third-order valence-corrected chi connectivity index (χ3v) is 5.85. The van der Waals surface area contributed by atoms with Crippen molar-refractivity contribution in [1.82, 2.24) is 15.1 Å². The molecule has 10 heteroatoms. The van der Waals surface area contributed by atoms with Gasteiger partial charge >= 0.3 is 6.18 Å². The van der Waals surface area contributed by atoms with Crippen LogP contribution in [0.4, 0.5) is 19.0 Å². The average Bonchev–Trinajstić information content (AvgIpc) is 3.49. The number of hydrogen-bond acceptors (Lipinski definition) is 5. The van der Waals surface area contributed by atoms with Gasteiger partial charge in [0.15, 0.2) is 0 Å². The molecule has 0 radical (unpaired) electrons. The highest BCUT2D eigenvalue weighted by molar-refractivity contribution is 7.12. The van der Waals surface area contributed by atoms with E-state index in [2.05, 4.69) is 11.7 Å². The average molecular weight is 460 g/mol. The molecule has 32 heavy (non-hydrogen) atoms. The smallest absolute Gasteiger partial charge is 0.405 e. The number of benzene rings is 1. The maximum atomic E-state index is 12.3. The van der Waals surface area contributed by atoms with Crippen molar-refractivity contribution in [3.63, 3.8) is 0 Å². The molecule has 0 atom stereocenters. The van der Waals surface area contributed by atoms with Gasteiger partial charge in [-0.05, 0) is 45.8 Å². The molecular weight excluding hydrogens is 441 g/mol. The number of amides is 1. The number of alkyl halides is 3. The highest BCUT2D eigenvalue weighted by Crippen LogP contribution is 2.32. The highest BCUT2D eigenvalue weighted by Gasteiger charge is 2.28. The van der Waals surface area contributed by atoms with Crippen molar-refractivity contribution in [3.05, 3.63) is 64.5 Å². The number of hydrogen-bond donors (Lipinski definition) is 2. The number of anilines is 1. The largest absolute Gasteiger partial charge is 0.493 e. The van der Waals surface area contributed by atoms with Crippen LogP contribution in [0.15, 0.2) is 48.5 Å². The fourth-order valence-electron chi connectivity index (χ4n) is 3.30. The number of allylic oxidation sites excluding steroid dienone is 2. The predicted octanol–water partition coefficient (Wildman–Crippen LogP) is 4.60. The molecule has 1 aromatic carbocycles. The van der Waals surface area contributed by atoms with Gasteiger partial charge in [0.25, 0.3) is 5.91 Å². The summed E-state index contributed by atoms with van der Waals surface area (Å²) in [4.78, 5) is 12.1. The number of thiophene rings is 1. The quantitative estimate of drug-likeness (QED) is 0.527. The summed E-state index contributed by atoms with van der Waals surface area (Å²) in [7, 11) is 0. The molecule has 1 amide bonds. The second-order valence-corrected chi connectivity index (χ2v) is 8.01. The first-order valence-electron chi connectivity index (χ1n) is 9.62. The van der Waals surface area contributed by atoms with Gasteiger partial charge in [-0.1, -0.05) is 18.7 Å². The monoisotopic (exact) mass is 460 g/mol. The maximum absolute atomic E-state index is 12.3. The molecule has 3 N–H and O–H groups in total. The zero-order chi connectivity index (χ0) is 22.9. The molecule has 3 heterocycles. The van der Waals surface area contributed by atoms with Gasteiger partial charge in [-0.2, -0.15) is 18.3 Å². The Hall–Kier alpha value is -3.53. The van der Waals surface area contributed by atoms with E-state index in [0.29, 0.717) is 23.6 Å². The lowest BCUT2D eigenvalue weighted by molar-refractivity contribution is -0.123. The Morgan fingerprint density at radius 2 is 2.19 bits per heavy atom. The van der Waals surface area contributed by atoms with Crippen LogP contribution >= 0.6 is 11.3 Å². The van der Waals surface area contributed by atoms with Gasteiger partial charge in [0.2, 0.25) is 0 Å². The van der Waals surface area contributed by atoms with E-state index in [-0.39, 0.29) is 4.88 Å². The summed E-state index contributed by atoms with van der Waals surface area (Å²) in [5.74, 6) is 0.415. The van der Waals surface area contributed by atoms with Crippen LogP contribution in [0.5, 0.6) is 5.75 Å². The molecule has 0 fully saturated rings. The molecule has 0 saturated carbocycles.